The van der Waals surface area contributed by atoms with Crippen LogP contribution in [-0.4, -0.2) is 33.5 Å². The predicted molar refractivity (Wildman–Crippen MR) is 114 cm³/mol. The Bertz CT molecular complexity index is 729. The van der Waals surface area contributed by atoms with Crippen molar-refractivity contribution in [3.05, 3.63) is 23.3 Å². The van der Waals surface area contributed by atoms with Crippen LogP contribution in [0.1, 0.15) is 79.6 Å². The van der Waals surface area contributed by atoms with Crippen LogP contribution < -0.4 is 0 Å². The molecule has 0 heterocycles. The van der Waals surface area contributed by atoms with Crippen molar-refractivity contribution in [3.8, 4) is 0 Å². The second kappa shape index (κ2) is 7.77. The topological polar surface area (TPSA) is 74.6 Å². The molecule has 0 aromatic rings. The van der Waals surface area contributed by atoms with Crippen molar-refractivity contribution >= 4 is 12.1 Å². The summed E-state index contributed by atoms with van der Waals surface area (Å²) in [5.74, 6) is -0.825. The van der Waals surface area contributed by atoms with Crippen molar-refractivity contribution in [2.75, 3.05) is 0 Å². The average Bonchev–Trinajstić information content (AvgIpc) is 2.99. The van der Waals surface area contributed by atoms with Crippen LogP contribution in [0.5, 0.6) is 0 Å². The Morgan fingerprint density at radius 3 is 2.55 bits per heavy atom. The lowest BCUT2D eigenvalue weighted by Crippen LogP contribution is -2.45. The number of hydrogen-bond acceptors (Lipinski definition) is 4. The summed E-state index contributed by atoms with van der Waals surface area (Å²) in [7, 11) is 0. The SMILES string of the molecule is CC(C)=CCCC(C)C1(O)CCC2(C)CCC3C(C(=O)CC3(C)O)/C(C=O)=C\C21. The van der Waals surface area contributed by atoms with E-state index in [-0.39, 0.29) is 35.4 Å². The van der Waals surface area contributed by atoms with Gasteiger partial charge in [0.05, 0.1) is 17.1 Å². The van der Waals surface area contributed by atoms with E-state index in [0.717, 1.165) is 32.0 Å². The molecular weight excluding hydrogens is 364 g/mol. The number of hydrogen-bond donors (Lipinski definition) is 2. The second-order valence-electron chi connectivity index (χ2n) is 10.8. The number of aliphatic hydroxyl groups is 2. The van der Waals surface area contributed by atoms with Crippen molar-refractivity contribution in [1.82, 2.24) is 0 Å². The minimum absolute atomic E-state index is 0.0416. The molecule has 0 amide bonds. The Hall–Kier alpha value is -1.26. The maximum atomic E-state index is 12.7. The molecule has 0 saturated heterocycles. The predicted octanol–water partition coefficient (Wildman–Crippen LogP) is 4.39. The highest BCUT2D eigenvalue weighted by molar-refractivity contribution is 5.94. The minimum atomic E-state index is -1.06. The lowest BCUT2D eigenvalue weighted by atomic mass is 9.63. The fraction of sp³-hybridized carbons (Fsp3) is 0.760. The first kappa shape index (κ1) is 22.4. The maximum Gasteiger partial charge on any atom is 0.146 e. The smallest absolute Gasteiger partial charge is 0.146 e. The molecule has 2 N–H and O–H groups in total. The molecule has 0 aromatic carbocycles. The van der Waals surface area contributed by atoms with Gasteiger partial charge in [-0.15, -0.1) is 0 Å². The van der Waals surface area contributed by atoms with Crippen molar-refractivity contribution in [2.24, 2.45) is 29.1 Å². The first-order chi connectivity index (χ1) is 13.4. The van der Waals surface area contributed by atoms with Crippen molar-refractivity contribution < 1.29 is 19.8 Å². The Kier molecular flexibility index (Phi) is 6.01. The molecule has 2 saturated carbocycles. The normalized spacial score (nSPS) is 44.7. The summed E-state index contributed by atoms with van der Waals surface area (Å²) < 4.78 is 0. The third-order valence-electron chi connectivity index (χ3n) is 8.35. The van der Waals surface area contributed by atoms with Gasteiger partial charge in [0.15, 0.2) is 0 Å². The quantitative estimate of drug-likeness (QED) is 0.528. The number of carbonyl (C=O) groups excluding carboxylic acids is 2. The van der Waals surface area contributed by atoms with Crippen LogP contribution in [0.4, 0.5) is 0 Å². The molecule has 0 aliphatic heterocycles. The van der Waals surface area contributed by atoms with Gasteiger partial charge >= 0.3 is 0 Å². The van der Waals surface area contributed by atoms with E-state index >= 15 is 0 Å². The Labute approximate surface area is 175 Å². The molecule has 162 valence electrons. The molecule has 0 spiro atoms. The average molecular weight is 403 g/mol. The zero-order chi connectivity index (χ0) is 21.6. The molecule has 4 heteroatoms. The van der Waals surface area contributed by atoms with Gasteiger partial charge in [0.1, 0.15) is 12.1 Å². The third-order valence-corrected chi connectivity index (χ3v) is 8.35. The summed E-state index contributed by atoms with van der Waals surface area (Å²) in [5, 5.41) is 22.6. The fourth-order valence-electron chi connectivity index (χ4n) is 6.42. The van der Waals surface area contributed by atoms with Crippen LogP contribution in [0.2, 0.25) is 0 Å². The molecule has 2 fully saturated rings. The van der Waals surface area contributed by atoms with Gasteiger partial charge in [0.25, 0.3) is 0 Å². The van der Waals surface area contributed by atoms with Gasteiger partial charge < -0.3 is 10.2 Å². The van der Waals surface area contributed by atoms with Gasteiger partial charge in [-0.2, -0.15) is 0 Å². The summed E-state index contributed by atoms with van der Waals surface area (Å²) in [4.78, 5) is 24.8. The molecule has 0 radical (unpaired) electrons. The lowest BCUT2D eigenvalue weighted by molar-refractivity contribution is -0.121. The van der Waals surface area contributed by atoms with Crippen LogP contribution in [0.3, 0.4) is 0 Å². The molecule has 0 bridgehead atoms. The Morgan fingerprint density at radius 2 is 1.93 bits per heavy atom. The van der Waals surface area contributed by atoms with Crippen LogP contribution in [0, 0.1) is 29.1 Å². The van der Waals surface area contributed by atoms with E-state index < -0.39 is 17.1 Å². The Balaban J connectivity index is 1.97. The van der Waals surface area contributed by atoms with Gasteiger partial charge in [0, 0.05) is 18.3 Å². The minimum Gasteiger partial charge on any atom is -0.389 e. The van der Waals surface area contributed by atoms with E-state index in [2.05, 4.69) is 33.8 Å². The summed E-state index contributed by atoms with van der Waals surface area (Å²) >= 11 is 0. The van der Waals surface area contributed by atoms with E-state index in [1.165, 1.54) is 5.57 Å². The highest BCUT2D eigenvalue weighted by Gasteiger charge is 2.58. The molecule has 3 aliphatic rings. The van der Waals surface area contributed by atoms with Gasteiger partial charge in [-0.1, -0.05) is 31.6 Å². The van der Waals surface area contributed by atoms with Gasteiger partial charge in [-0.05, 0) is 76.2 Å². The molecule has 3 aliphatic carbocycles. The van der Waals surface area contributed by atoms with E-state index in [1.807, 2.05) is 6.08 Å². The van der Waals surface area contributed by atoms with Crippen LogP contribution >= 0.6 is 0 Å². The molecule has 7 unspecified atom stereocenters. The highest BCUT2D eigenvalue weighted by Crippen LogP contribution is 2.59. The van der Waals surface area contributed by atoms with Crippen LogP contribution in [-0.2, 0) is 9.59 Å². The number of allylic oxidation sites excluding steroid dienone is 3. The number of fused-ring (bicyclic) bond motifs is 2. The lowest BCUT2D eigenvalue weighted by Gasteiger charge is -2.43. The van der Waals surface area contributed by atoms with Crippen LogP contribution in [0.15, 0.2) is 23.3 Å². The van der Waals surface area contributed by atoms with Gasteiger partial charge in [0.2, 0.25) is 0 Å². The number of ketones is 1. The summed E-state index contributed by atoms with van der Waals surface area (Å²) in [5.41, 5.74) is -0.284. The van der Waals surface area contributed by atoms with Crippen molar-refractivity contribution in [2.45, 2.75) is 90.8 Å². The molecule has 7 atom stereocenters. The van der Waals surface area contributed by atoms with Crippen molar-refractivity contribution in [3.63, 3.8) is 0 Å². The molecular formula is C25H38O4. The first-order valence-electron chi connectivity index (χ1n) is 11.2. The van der Waals surface area contributed by atoms with E-state index in [1.54, 1.807) is 6.92 Å². The van der Waals surface area contributed by atoms with Crippen molar-refractivity contribution in [1.29, 1.82) is 0 Å². The van der Waals surface area contributed by atoms with Crippen LogP contribution in [0.25, 0.3) is 0 Å². The molecule has 0 aromatic heterocycles. The maximum absolute atomic E-state index is 12.7. The highest BCUT2D eigenvalue weighted by atomic mass is 16.3. The fourth-order valence-corrected chi connectivity index (χ4v) is 6.42. The zero-order valence-corrected chi connectivity index (χ0v) is 18.7. The number of rotatable bonds is 5. The van der Waals surface area contributed by atoms with Gasteiger partial charge in [-0.3, -0.25) is 9.59 Å². The largest absolute Gasteiger partial charge is 0.389 e. The zero-order valence-electron chi connectivity index (χ0n) is 18.7. The van der Waals surface area contributed by atoms with E-state index in [9.17, 15) is 19.8 Å². The molecule has 4 nitrogen and oxygen atoms in total. The summed E-state index contributed by atoms with van der Waals surface area (Å²) in [6.45, 7) is 10.2. The van der Waals surface area contributed by atoms with Gasteiger partial charge in [-0.25, -0.2) is 0 Å². The monoisotopic (exact) mass is 402 g/mol. The summed E-state index contributed by atoms with van der Waals surface area (Å²) in [6.07, 6.45) is 10.1. The first-order valence-corrected chi connectivity index (χ1v) is 11.2. The summed E-state index contributed by atoms with van der Waals surface area (Å²) in [6, 6.07) is 0. The standard InChI is InChI=1S/C25H38O4/c1-16(2)7-6-8-17(3)25(29)12-11-23(4)10-9-19-22(18(15-26)13-21(23)25)20(27)14-24(19,5)28/h7,13,15,17,19,21-22,28-29H,6,8-12,14H2,1-5H3/b18-13-. The van der Waals surface area contributed by atoms with E-state index in [4.69, 9.17) is 0 Å². The second-order valence-corrected chi connectivity index (χ2v) is 10.8. The molecule has 29 heavy (non-hydrogen) atoms. The molecule has 3 rings (SSSR count). The number of aldehydes is 1. The Morgan fingerprint density at radius 1 is 1.24 bits per heavy atom. The number of Topliss-reactive ketones (excluding diaryl/α,β-unsaturated/α-hetero) is 1. The van der Waals surface area contributed by atoms with E-state index in [0.29, 0.717) is 18.4 Å². The number of carbonyl (C=O) groups is 2. The third kappa shape index (κ3) is 3.90.